The van der Waals surface area contributed by atoms with Crippen molar-refractivity contribution in [1.82, 2.24) is 0 Å². The van der Waals surface area contributed by atoms with Crippen LogP contribution in [-0.4, -0.2) is 25.6 Å². The van der Waals surface area contributed by atoms with E-state index in [1.54, 1.807) is 12.1 Å². The minimum absolute atomic E-state index is 0.824. The molecule has 0 bridgehead atoms. The molecule has 0 aliphatic rings. The van der Waals surface area contributed by atoms with Crippen LogP contribution in [0.5, 0.6) is 5.75 Å². The Morgan fingerprint density at radius 3 is 1.79 bits per heavy atom. The molecule has 0 aromatic heterocycles. The summed E-state index contributed by atoms with van der Waals surface area (Å²) in [7, 11) is -4.20. The van der Waals surface area contributed by atoms with Gasteiger partial charge in [0.1, 0.15) is 5.75 Å². The number of hydrogen-bond acceptors (Lipinski definition) is 5. The first kappa shape index (κ1) is 19.7. The van der Waals surface area contributed by atoms with Gasteiger partial charge in [-0.25, -0.2) is 5.84 Å². The zero-order valence-electron chi connectivity index (χ0n) is 12.4. The van der Waals surface area contributed by atoms with Gasteiger partial charge in [-0.1, -0.05) is 18.2 Å². The predicted molar refractivity (Wildman–Crippen MR) is 83.4 cm³/mol. The van der Waals surface area contributed by atoms with Crippen LogP contribution in [0, 0.1) is 0 Å². The van der Waals surface area contributed by atoms with Crippen LogP contribution in [0.25, 0.3) is 0 Å². The summed E-state index contributed by atoms with van der Waals surface area (Å²) in [5, 5.41) is 1.64. The van der Waals surface area contributed by atoms with Crippen LogP contribution in [0.2, 0.25) is 0 Å². The van der Waals surface area contributed by atoms with E-state index < -0.39 is 15.6 Å². The molecule has 3 N–H and O–H groups in total. The number of ether oxygens (including phenoxy) is 1. The number of rotatable bonds is 3. The number of anilines is 2. The summed E-state index contributed by atoms with van der Waals surface area (Å²) >= 11 is 0. The SMILES string of the molecule is COc1ccc(N(N)c2ccccc2)cc1.O=S(=O)(O)C(F)(F)F. The van der Waals surface area contributed by atoms with Crippen molar-refractivity contribution in [2.24, 2.45) is 5.84 Å². The third kappa shape index (κ3) is 5.72. The quantitative estimate of drug-likeness (QED) is 0.376. The highest BCUT2D eigenvalue weighted by atomic mass is 32.2. The second-order valence-electron chi connectivity index (χ2n) is 4.32. The van der Waals surface area contributed by atoms with Crippen LogP contribution in [0.3, 0.4) is 0 Å². The van der Waals surface area contributed by atoms with Gasteiger partial charge in [-0.2, -0.15) is 21.6 Å². The van der Waals surface area contributed by atoms with Crippen LogP contribution >= 0.6 is 0 Å². The Bertz CT molecular complexity index is 735. The van der Waals surface area contributed by atoms with Gasteiger partial charge in [-0.05, 0) is 36.4 Å². The molecular weight excluding hydrogens is 349 g/mol. The zero-order chi connectivity index (χ0) is 18.4. The smallest absolute Gasteiger partial charge is 0.497 e. The maximum absolute atomic E-state index is 10.7. The Labute approximate surface area is 137 Å². The lowest BCUT2D eigenvalue weighted by atomic mass is 10.2. The van der Waals surface area contributed by atoms with Gasteiger partial charge in [-0.15, -0.1) is 0 Å². The molecule has 0 amide bonds. The molecule has 2 rings (SSSR count). The van der Waals surface area contributed by atoms with Crippen molar-refractivity contribution in [3.8, 4) is 5.75 Å². The third-order valence-electron chi connectivity index (χ3n) is 2.68. The fourth-order valence-electron chi connectivity index (χ4n) is 1.48. The first-order valence-corrected chi connectivity index (χ1v) is 7.78. The molecule has 132 valence electrons. The Kier molecular flexibility index (Phi) is 6.58. The van der Waals surface area contributed by atoms with E-state index >= 15 is 0 Å². The van der Waals surface area contributed by atoms with Crippen molar-refractivity contribution in [3.63, 3.8) is 0 Å². The molecular formula is C14H15F3N2O4S. The van der Waals surface area contributed by atoms with Crippen molar-refractivity contribution in [2.75, 3.05) is 12.1 Å². The highest BCUT2D eigenvalue weighted by Gasteiger charge is 2.44. The van der Waals surface area contributed by atoms with Crippen LogP contribution < -0.4 is 15.6 Å². The van der Waals surface area contributed by atoms with Gasteiger partial charge < -0.3 is 4.74 Å². The third-order valence-corrected chi connectivity index (χ3v) is 3.26. The summed E-state index contributed by atoms with van der Waals surface area (Å²) in [6, 6.07) is 17.4. The van der Waals surface area contributed by atoms with Crippen molar-refractivity contribution in [2.45, 2.75) is 5.51 Å². The second kappa shape index (κ2) is 7.99. The van der Waals surface area contributed by atoms with E-state index in [2.05, 4.69) is 0 Å². The van der Waals surface area contributed by atoms with Crippen LogP contribution in [-0.2, 0) is 10.1 Å². The average Bonchev–Trinajstić information content (AvgIpc) is 2.54. The number of nitrogens with zero attached hydrogens (tertiary/aromatic N) is 1. The largest absolute Gasteiger partial charge is 0.522 e. The summed E-state index contributed by atoms with van der Waals surface area (Å²) in [5.41, 5.74) is -3.66. The summed E-state index contributed by atoms with van der Waals surface area (Å²) in [6.45, 7) is 0. The number of alkyl halides is 3. The molecule has 0 saturated carbocycles. The molecule has 2 aromatic rings. The summed E-state index contributed by atoms with van der Waals surface area (Å²) in [5.74, 6) is 6.82. The molecule has 0 radical (unpaired) electrons. The molecule has 2 aromatic carbocycles. The predicted octanol–water partition coefficient (Wildman–Crippen LogP) is 3.10. The van der Waals surface area contributed by atoms with E-state index in [9.17, 15) is 13.2 Å². The van der Waals surface area contributed by atoms with Crippen molar-refractivity contribution in [3.05, 3.63) is 54.6 Å². The Hall–Kier alpha value is -2.30. The lowest BCUT2D eigenvalue weighted by Crippen LogP contribution is -2.24. The highest BCUT2D eigenvalue weighted by molar-refractivity contribution is 7.86. The highest BCUT2D eigenvalue weighted by Crippen LogP contribution is 2.23. The summed E-state index contributed by atoms with van der Waals surface area (Å²) < 4.78 is 62.6. The Morgan fingerprint density at radius 2 is 1.42 bits per heavy atom. The van der Waals surface area contributed by atoms with Gasteiger partial charge in [0.2, 0.25) is 0 Å². The molecule has 0 unspecified atom stereocenters. The van der Waals surface area contributed by atoms with Gasteiger partial charge in [-0.3, -0.25) is 9.56 Å². The number of nitrogens with two attached hydrogens (primary N) is 1. The second-order valence-corrected chi connectivity index (χ2v) is 5.74. The van der Waals surface area contributed by atoms with Crippen LogP contribution in [0.15, 0.2) is 54.6 Å². The van der Waals surface area contributed by atoms with Crippen LogP contribution in [0.1, 0.15) is 0 Å². The summed E-state index contributed by atoms with van der Waals surface area (Å²) in [6.07, 6.45) is 0. The number of halogens is 3. The topological polar surface area (TPSA) is 92.9 Å². The molecule has 0 atom stereocenters. The minimum atomic E-state index is -5.84. The summed E-state index contributed by atoms with van der Waals surface area (Å²) in [4.78, 5) is 0. The van der Waals surface area contributed by atoms with Gasteiger partial charge in [0.05, 0.1) is 18.5 Å². The van der Waals surface area contributed by atoms with Crippen molar-refractivity contribution in [1.29, 1.82) is 0 Å². The Morgan fingerprint density at radius 1 is 1.00 bits per heavy atom. The molecule has 6 nitrogen and oxygen atoms in total. The number of hydrazine groups is 1. The lowest BCUT2D eigenvalue weighted by molar-refractivity contribution is -0.0510. The Balaban J connectivity index is 0.000000307. The molecule has 0 saturated heterocycles. The standard InChI is InChI=1S/C13H14N2O.CHF3O3S/c1-16-13-9-7-12(8-10-13)15(14)11-5-3-2-4-6-11;2-1(3,4)8(5,6)7/h2-10H,14H2,1H3;(H,5,6,7). The molecule has 0 heterocycles. The molecule has 0 aliphatic heterocycles. The normalized spacial score (nSPS) is 11.2. The van der Waals surface area contributed by atoms with E-state index in [-0.39, 0.29) is 0 Å². The van der Waals surface area contributed by atoms with E-state index in [4.69, 9.17) is 23.6 Å². The van der Waals surface area contributed by atoms with Gasteiger partial charge in [0.15, 0.2) is 0 Å². The zero-order valence-corrected chi connectivity index (χ0v) is 13.3. The minimum Gasteiger partial charge on any atom is -0.497 e. The van der Waals surface area contributed by atoms with Gasteiger partial charge >= 0.3 is 15.6 Å². The molecule has 24 heavy (non-hydrogen) atoms. The van der Waals surface area contributed by atoms with E-state index in [0.29, 0.717) is 0 Å². The number of para-hydroxylation sites is 1. The van der Waals surface area contributed by atoms with E-state index in [1.165, 1.54) is 0 Å². The first-order valence-electron chi connectivity index (χ1n) is 6.34. The number of methoxy groups -OCH3 is 1. The lowest BCUT2D eigenvalue weighted by Gasteiger charge is -2.18. The number of hydrogen-bond donors (Lipinski definition) is 2. The van der Waals surface area contributed by atoms with Crippen molar-refractivity contribution >= 4 is 21.5 Å². The molecule has 0 fully saturated rings. The van der Waals surface area contributed by atoms with E-state index in [1.807, 2.05) is 54.6 Å². The fourth-order valence-corrected chi connectivity index (χ4v) is 1.48. The maximum Gasteiger partial charge on any atom is 0.522 e. The monoisotopic (exact) mass is 364 g/mol. The average molecular weight is 364 g/mol. The fraction of sp³-hybridized carbons (Fsp3) is 0.143. The molecule has 0 aliphatic carbocycles. The molecule has 0 spiro atoms. The first-order chi connectivity index (χ1) is 11.1. The van der Waals surface area contributed by atoms with Gasteiger partial charge in [0, 0.05) is 0 Å². The van der Waals surface area contributed by atoms with E-state index in [0.717, 1.165) is 17.1 Å². The van der Waals surface area contributed by atoms with Crippen molar-refractivity contribution < 1.29 is 30.9 Å². The van der Waals surface area contributed by atoms with Gasteiger partial charge in [0.25, 0.3) is 0 Å². The van der Waals surface area contributed by atoms with Crippen LogP contribution in [0.4, 0.5) is 24.5 Å². The molecule has 10 heteroatoms. The maximum atomic E-state index is 10.7. The number of benzene rings is 2.